The first-order valence-electron chi connectivity index (χ1n) is 6.23. The molecule has 3 nitrogen and oxygen atoms in total. The van der Waals surface area contributed by atoms with Crippen LogP contribution in [0.15, 0.2) is 58.6 Å². The second-order valence-electron chi connectivity index (χ2n) is 4.36. The lowest BCUT2D eigenvalue weighted by molar-refractivity contribution is -0.137. The molecule has 0 aliphatic rings. The zero-order valence-electron chi connectivity index (χ0n) is 11.2. The Morgan fingerprint density at radius 3 is 2.27 bits per heavy atom. The van der Waals surface area contributed by atoms with E-state index in [1.54, 1.807) is 18.2 Å². The normalized spacial score (nSPS) is 12.3. The van der Waals surface area contributed by atoms with Crippen LogP contribution >= 0.6 is 11.8 Å². The van der Waals surface area contributed by atoms with Crippen LogP contribution in [0.4, 0.5) is 13.2 Å². The Labute approximate surface area is 130 Å². The summed E-state index contributed by atoms with van der Waals surface area (Å²) in [7, 11) is -3.39. The van der Waals surface area contributed by atoms with Gasteiger partial charge in [-0.3, -0.25) is 0 Å². The number of sulfone groups is 1. The minimum absolute atomic E-state index is 0.107. The summed E-state index contributed by atoms with van der Waals surface area (Å²) in [6.07, 6.45) is -3.68. The van der Waals surface area contributed by atoms with Crippen LogP contribution in [0.5, 0.6) is 0 Å². The molecule has 0 fully saturated rings. The summed E-state index contributed by atoms with van der Waals surface area (Å²) in [5, 5.41) is 0.358. The zero-order valence-corrected chi connectivity index (χ0v) is 12.9. The maximum Gasteiger partial charge on any atom is 0.417 e. The highest BCUT2D eigenvalue weighted by molar-refractivity contribution is 8.00. The van der Waals surface area contributed by atoms with E-state index >= 15 is 0 Å². The van der Waals surface area contributed by atoms with Crippen LogP contribution in [0, 0.1) is 0 Å². The maximum absolute atomic E-state index is 12.4. The topological polar surface area (TPSA) is 47.0 Å². The number of benzene rings is 1. The van der Waals surface area contributed by atoms with Gasteiger partial charge in [0.05, 0.1) is 21.2 Å². The molecule has 1 aromatic heterocycles. The average molecular weight is 347 g/mol. The number of hydrogen-bond acceptors (Lipinski definition) is 4. The number of thioether (sulfide) groups is 1. The fraction of sp³-hybridized carbons (Fsp3) is 0.214. The summed E-state index contributed by atoms with van der Waals surface area (Å²) in [6, 6.07) is 10.2. The molecule has 0 saturated carbocycles. The van der Waals surface area contributed by atoms with Gasteiger partial charge in [0.2, 0.25) is 0 Å². The lowest BCUT2D eigenvalue weighted by atomic mass is 10.3. The van der Waals surface area contributed by atoms with Gasteiger partial charge in [-0.15, -0.1) is 11.8 Å². The molecule has 0 aliphatic heterocycles. The molecule has 0 N–H and O–H groups in total. The first kappa shape index (κ1) is 16.8. The molecule has 0 spiro atoms. The van der Waals surface area contributed by atoms with Gasteiger partial charge in [0, 0.05) is 11.9 Å². The first-order valence-corrected chi connectivity index (χ1v) is 8.87. The van der Waals surface area contributed by atoms with E-state index in [-0.39, 0.29) is 16.4 Å². The zero-order chi connectivity index (χ0) is 16.2. The van der Waals surface area contributed by atoms with Gasteiger partial charge < -0.3 is 0 Å². The Balaban J connectivity index is 1.94. The van der Waals surface area contributed by atoms with E-state index in [1.807, 2.05) is 0 Å². The fourth-order valence-corrected chi connectivity index (χ4v) is 4.15. The van der Waals surface area contributed by atoms with E-state index in [2.05, 4.69) is 4.98 Å². The minimum Gasteiger partial charge on any atom is -0.249 e. The van der Waals surface area contributed by atoms with Crippen molar-refractivity contribution in [3.63, 3.8) is 0 Å². The highest BCUT2D eigenvalue weighted by Gasteiger charge is 2.30. The molecule has 118 valence electrons. The van der Waals surface area contributed by atoms with Gasteiger partial charge >= 0.3 is 6.18 Å². The third-order valence-corrected chi connectivity index (χ3v) is 5.70. The van der Waals surface area contributed by atoms with Gasteiger partial charge in [0.25, 0.3) is 0 Å². The molecule has 0 radical (unpaired) electrons. The van der Waals surface area contributed by atoms with Crippen molar-refractivity contribution in [3.05, 3.63) is 54.2 Å². The van der Waals surface area contributed by atoms with Crippen LogP contribution in [0.2, 0.25) is 0 Å². The van der Waals surface area contributed by atoms with Gasteiger partial charge in [0.15, 0.2) is 9.84 Å². The van der Waals surface area contributed by atoms with Crippen LogP contribution in [0.1, 0.15) is 5.56 Å². The third kappa shape index (κ3) is 4.48. The molecule has 0 atom stereocenters. The molecule has 0 saturated heterocycles. The summed E-state index contributed by atoms with van der Waals surface area (Å²) in [6.45, 7) is 0. The average Bonchev–Trinajstić information content (AvgIpc) is 2.48. The molecule has 0 aliphatic carbocycles. The predicted molar refractivity (Wildman–Crippen MR) is 78.5 cm³/mol. The Kier molecular flexibility index (Phi) is 5.12. The van der Waals surface area contributed by atoms with Crippen LogP contribution in [-0.4, -0.2) is 24.9 Å². The Morgan fingerprint density at radius 2 is 1.73 bits per heavy atom. The van der Waals surface area contributed by atoms with E-state index in [1.165, 1.54) is 18.2 Å². The summed E-state index contributed by atoms with van der Waals surface area (Å²) < 4.78 is 61.2. The summed E-state index contributed by atoms with van der Waals surface area (Å²) in [4.78, 5) is 3.92. The van der Waals surface area contributed by atoms with Crippen LogP contribution < -0.4 is 0 Å². The quantitative estimate of drug-likeness (QED) is 0.775. The van der Waals surface area contributed by atoms with Crippen molar-refractivity contribution in [2.45, 2.75) is 16.1 Å². The first-order chi connectivity index (χ1) is 10.3. The monoisotopic (exact) mass is 347 g/mol. The number of hydrogen-bond donors (Lipinski definition) is 0. The van der Waals surface area contributed by atoms with Crippen molar-refractivity contribution in [1.82, 2.24) is 4.98 Å². The molecular formula is C14H12F3NO2S2. The second kappa shape index (κ2) is 6.70. The van der Waals surface area contributed by atoms with E-state index in [0.717, 1.165) is 24.0 Å². The predicted octanol–water partition coefficient (Wildman–Crippen LogP) is 3.67. The van der Waals surface area contributed by atoms with Gasteiger partial charge in [0.1, 0.15) is 0 Å². The number of aromatic nitrogens is 1. The van der Waals surface area contributed by atoms with E-state index in [4.69, 9.17) is 0 Å². The van der Waals surface area contributed by atoms with E-state index in [9.17, 15) is 21.6 Å². The Morgan fingerprint density at radius 1 is 1.05 bits per heavy atom. The molecule has 0 amide bonds. The number of alkyl halides is 3. The standard InChI is InChI=1S/C14H12F3NO2S2/c15-14(16,17)11-6-7-13(18-10-11)21-8-9-22(19,20)12-4-2-1-3-5-12/h1-7,10H,8-9H2. The molecule has 2 aromatic rings. The summed E-state index contributed by atoms with van der Waals surface area (Å²) in [5.41, 5.74) is -0.825. The van der Waals surface area contributed by atoms with Crippen LogP contribution in [0.3, 0.4) is 0 Å². The lowest BCUT2D eigenvalue weighted by Crippen LogP contribution is -2.09. The molecule has 8 heteroatoms. The Hall–Kier alpha value is -1.54. The van der Waals surface area contributed by atoms with Gasteiger partial charge in [-0.2, -0.15) is 13.2 Å². The lowest BCUT2D eigenvalue weighted by Gasteiger charge is -2.07. The van der Waals surface area contributed by atoms with Crippen LogP contribution in [0.25, 0.3) is 0 Å². The summed E-state index contributed by atoms with van der Waals surface area (Å²) >= 11 is 1.10. The van der Waals surface area contributed by atoms with Gasteiger partial charge in [-0.05, 0) is 24.3 Å². The second-order valence-corrected chi connectivity index (χ2v) is 7.59. The largest absolute Gasteiger partial charge is 0.417 e. The van der Waals surface area contributed by atoms with Crippen molar-refractivity contribution in [2.75, 3.05) is 11.5 Å². The molecule has 0 bridgehead atoms. The third-order valence-electron chi connectivity index (χ3n) is 2.77. The van der Waals surface area contributed by atoms with Crippen molar-refractivity contribution in [3.8, 4) is 0 Å². The molecule has 1 aromatic carbocycles. The van der Waals surface area contributed by atoms with Crippen molar-refractivity contribution >= 4 is 21.6 Å². The fourth-order valence-electron chi connectivity index (χ4n) is 1.63. The van der Waals surface area contributed by atoms with Crippen molar-refractivity contribution < 1.29 is 21.6 Å². The maximum atomic E-state index is 12.4. The molecule has 2 rings (SSSR count). The molecule has 22 heavy (non-hydrogen) atoms. The van der Waals surface area contributed by atoms with E-state index < -0.39 is 21.6 Å². The number of rotatable bonds is 5. The van der Waals surface area contributed by atoms with Crippen molar-refractivity contribution in [2.24, 2.45) is 0 Å². The highest BCUT2D eigenvalue weighted by atomic mass is 32.2. The molecule has 0 unspecified atom stereocenters. The molecular weight excluding hydrogens is 335 g/mol. The smallest absolute Gasteiger partial charge is 0.249 e. The van der Waals surface area contributed by atoms with Crippen molar-refractivity contribution in [1.29, 1.82) is 0 Å². The van der Waals surface area contributed by atoms with Gasteiger partial charge in [-0.25, -0.2) is 13.4 Å². The van der Waals surface area contributed by atoms with E-state index in [0.29, 0.717) is 5.03 Å². The number of halogens is 3. The SMILES string of the molecule is O=S(=O)(CCSc1ccc(C(F)(F)F)cn1)c1ccccc1. The Bertz CT molecular complexity index is 714. The number of nitrogens with zero attached hydrogens (tertiary/aromatic N) is 1. The molecule has 1 heterocycles. The highest BCUT2D eigenvalue weighted by Crippen LogP contribution is 2.29. The van der Waals surface area contributed by atoms with Gasteiger partial charge in [-0.1, -0.05) is 18.2 Å². The summed E-state index contributed by atoms with van der Waals surface area (Å²) in [5.74, 6) is 0.111. The number of pyridine rings is 1. The minimum atomic E-state index is -4.42. The van der Waals surface area contributed by atoms with Crippen LogP contribution in [-0.2, 0) is 16.0 Å².